The van der Waals surface area contributed by atoms with Crippen LogP contribution in [0.1, 0.15) is 35.7 Å². The Morgan fingerprint density at radius 2 is 2.10 bits per heavy atom. The van der Waals surface area contributed by atoms with Crippen LogP contribution in [0, 0.1) is 5.41 Å². The lowest BCUT2D eigenvalue weighted by molar-refractivity contribution is 0.0963. The molecule has 0 unspecified atom stereocenters. The monoisotopic (exact) mass is 420 g/mol. The Morgan fingerprint density at radius 1 is 1.29 bits per heavy atom. The van der Waals surface area contributed by atoms with E-state index >= 15 is 0 Å². The number of aromatic nitrogens is 4. The first-order valence-electron chi connectivity index (χ1n) is 10.8. The summed E-state index contributed by atoms with van der Waals surface area (Å²) in [6.07, 6.45) is 4.81. The molecule has 2 aromatic heterocycles. The van der Waals surface area contributed by atoms with Crippen LogP contribution in [0.3, 0.4) is 0 Å². The van der Waals surface area contributed by atoms with Crippen molar-refractivity contribution in [2.24, 2.45) is 11.1 Å². The predicted octanol–water partition coefficient (Wildman–Crippen LogP) is 1.97. The Balaban J connectivity index is 1.40. The molecule has 5 rings (SSSR count). The van der Waals surface area contributed by atoms with Crippen LogP contribution in [0.15, 0.2) is 24.4 Å². The smallest absolute Gasteiger partial charge is 0.251 e. The normalized spacial score (nSPS) is 17.8. The highest BCUT2D eigenvalue weighted by atomic mass is 16.1. The molecule has 31 heavy (non-hydrogen) atoms. The molecule has 0 aliphatic carbocycles. The van der Waals surface area contributed by atoms with E-state index in [0.717, 1.165) is 73.8 Å². The first-order valence-corrected chi connectivity index (χ1v) is 10.8. The highest BCUT2D eigenvalue weighted by Crippen LogP contribution is 2.37. The van der Waals surface area contributed by atoms with Crippen LogP contribution in [-0.2, 0) is 6.42 Å². The molecule has 162 valence electrons. The summed E-state index contributed by atoms with van der Waals surface area (Å²) in [4.78, 5) is 25.9. The lowest BCUT2D eigenvalue weighted by Crippen LogP contribution is -2.42. The standard InChI is InChI=1S/C22H28N8O/c1-22(13-23)6-9-29(10-7-22)17-12-25-18-19(26-17)27-28-20(18)30-8-5-14-11-15(21(31)24-2)3-4-16(14)30/h3-4,11-12H,5-10,13,23H2,1-2H3,(H,24,31)(H,26,27,28). The highest BCUT2D eigenvalue weighted by Gasteiger charge is 2.30. The zero-order valence-electron chi connectivity index (χ0n) is 18.0. The molecular formula is C22H28N8O. The van der Waals surface area contributed by atoms with E-state index in [2.05, 4.69) is 32.2 Å². The summed E-state index contributed by atoms with van der Waals surface area (Å²) >= 11 is 0. The fourth-order valence-electron chi connectivity index (χ4n) is 4.51. The van der Waals surface area contributed by atoms with Gasteiger partial charge in [0, 0.05) is 37.9 Å². The van der Waals surface area contributed by atoms with Crippen LogP contribution in [0.4, 0.5) is 17.3 Å². The maximum atomic E-state index is 11.9. The Morgan fingerprint density at radius 3 is 2.84 bits per heavy atom. The fourth-order valence-corrected chi connectivity index (χ4v) is 4.51. The summed E-state index contributed by atoms with van der Waals surface area (Å²) in [5.41, 5.74) is 10.5. The number of hydrogen-bond acceptors (Lipinski definition) is 7. The Labute approximate surface area is 181 Å². The topological polar surface area (TPSA) is 116 Å². The predicted molar refractivity (Wildman–Crippen MR) is 121 cm³/mol. The molecule has 4 N–H and O–H groups in total. The van der Waals surface area contributed by atoms with Gasteiger partial charge in [-0.05, 0) is 55.0 Å². The number of carbonyl (C=O) groups is 1. The maximum absolute atomic E-state index is 11.9. The van der Waals surface area contributed by atoms with Gasteiger partial charge in [0.25, 0.3) is 5.91 Å². The second kappa shape index (κ2) is 7.49. The van der Waals surface area contributed by atoms with Crippen LogP contribution in [0.5, 0.6) is 0 Å². The molecule has 3 aromatic rings. The second-order valence-electron chi connectivity index (χ2n) is 8.80. The molecular weight excluding hydrogens is 392 g/mol. The van der Waals surface area contributed by atoms with Crippen molar-refractivity contribution in [2.75, 3.05) is 43.0 Å². The lowest BCUT2D eigenvalue weighted by atomic mass is 9.80. The third-order valence-corrected chi connectivity index (χ3v) is 6.75. The van der Waals surface area contributed by atoms with E-state index in [-0.39, 0.29) is 11.3 Å². The Kier molecular flexibility index (Phi) is 4.77. The molecule has 4 heterocycles. The van der Waals surface area contributed by atoms with E-state index in [1.807, 2.05) is 24.4 Å². The van der Waals surface area contributed by atoms with Crippen molar-refractivity contribution in [3.8, 4) is 0 Å². The first-order chi connectivity index (χ1) is 15.0. The summed E-state index contributed by atoms with van der Waals surface area (Å²) in [7, 11) is 1.64. The minimum Gasteiger partial charge on any atom is -0.355 e. The molecule has 1 fully saturated rings. The van der Waals surface area contributed by atoms with Crippen molar-refractivity contribution in [1.29, 1.82) is 0 Å². The average Bonchev–Trinajstić information content (AvgIpc) is 3.41. The molecule has 0 bridgehead atoms. The summed E-state index contributed by atoms with van der Waals surface area (Å²) in [6, 6.07) is 5.79. The molecule has 0 spiro atoms. The van der Waals surface area contributed by atoms with Gasteiger partial charge >= 0.3 is 0 Å². The number of rotatable bonds is 4. The number of aromatic amines is 1. The molecule has 9 nitrogen and oxygen atoms in total. The van der Waals surface area contributed by atoms with Gasteiger partial charge in [0.05, 0.1) is 6.20 Å². The van der Waals surface area contributed by atoms with Gasteiger partial charge in [0.2, 0.25) is 0 Å². The van der Waals surface area contributed by atoms with Gasteiger partial charge in [-0.1, -0.05) is 6.92 Å². The van der Waals surface area contributed by atoms with E-state index in [9.17, 15) is 4.79 Å². The third kappa shape index (κ3) is 3.38. The number of H-pyrrole nitrogens is 1. The van der Waals surface area contributed by atoms with Crippen molar-refractivity contribution in [3.63, 3.8) is 0 Å². The lowest BCUT2D eigenvalue weighted by Gasteiger charge is -2.39. The first kappa shape index (κ1) is 19.7. The summed E-state index contributed by atoms with van der Waals surface area (Å²) in [5.74, 6) is 1.57. The van der Waals surface area contributed by atoms with Crippen molar-refractivity contribution >= 4 is 34.4 Å². The number of nitrogens with two attached hydrogens (primary N) is 1. The van der Waals surface area contributed by atoms with Gasteiger partial charge in [0.1, 0.15) is 5.82 Å². The number of amides is 1. The van der Waals surface area contributed by atoms with Gasteiger partial charge in [-0.25, -0.2) is 9.97 Å². The van der Waals surface area contributed by atoms with Crippen LogP contribution < -0.4 is 20.9 Å². The largest absolute Gasteiger partial charge is 0.355 e. The Bertz CT molecular complexity index is 1130. The number of nitrogens with one attached hydrogen (secondary N) is 2. The molecule has 1 saturated heterocycles. The molecule has 0 radical (unpaired) electrons. The number of hydrogen-bond donors (Lipinski definition) is 3. The molecule has 1 aromatic carbocycles. The van der Waals surface area contributed by atoms with Crippen molar-refractivity contribution in [1.82, 2.24) is 25.5 Å². The van der Waals surface area contributed by atoms with Gasteiger partial charge in [-0.2, -0.15) is 5.10 Å². The number of fused-ring (bicyclic) bond motifs is 2. The molecule has 0 atom stereocenters. The van der Waals surface area contributed by atoms with Gasteiger partial charge in [-0.3, -0.25) is 9.89 Å². The van der Waals surface area contributed by atoms with Crippen molar-refractivity contribution < 1.29 is 4.79 Å². The third-order valence-electron chi connectivity index (χ3n) is 6.75. The average molecular weight is 421 g/mol. The van der Waals surface area contributed by atoms with Gasteiger partial charge in [0.15, 0.2) is 17.0 Å². The number of nitrogens with zero attached hydrogens (tertiary/aromatic N) is 5. The quantitative estimate of drug-likeness (QED) is 0.591. The fraction of sp³-hybridized carbons (Fsp3) is 0.455. The van der Waals surface area contributed by atoms with Gasteiger partial charge < -0.3 is 20.9 Å². The number of piperidine rings is 1. The van der Waals surface area contributed by atoms with E-state index in [1.165, 1.54) is 0 Å². The molecule has 9 heteroatoms. The number of anilines is 3. The number of carbonyl (C=O) groups excluding carboxylic acids is 1. The van der Waals surface area contributed by atoms with E-state index in [1.54, 1.807) is 7.05 Å². The summed E-state index contributed by atoms with van der Waals surface area (Å²) < 4.78 is 0. The SMILES string of the molecule is CNC(=O)c1ccc2c(c1)CCN2c1n[nH]c2nc(N3CCC(C)(CN)CC3)cnc12. The zero-order valence-corrected chi connectivity index (χ0v) is 18.0. The maximum Gasteiger partial charge on any atom is 0.251 e. The van der Waals surface area contributed by atoms with Crippen LogP contribution in [0.25, 0.3) is 11.2 Å². The Hall–Kier alpha value is -3.20. The second-order valence-corrected chi connectivity index (χ2v) is 8.80. The summed E-state index contributed by atoms with van der Waals surface area (Å²) in [6.45, 7) is 5.63. The minimum absolute atomic E-state index is 0.0747. The van der Waals surface area contributed by atoms with Crippen molar-refractivity contribution in [3.05, 3.63) is 35.5 Å². The van der Waals surface area contributed by atoms with Crippen LogP contribution in [-0.4, -0.2) is 59.3 Å². The van der Waals surface area contributed by atoms with E-state index in [4.69, 9.17) is 15.7 Å². The molecule has 0 saturated carbocycles. The molecule has 2 aliphatic heterocycles. The van der Waals surface area contributed by atoms with Crippen molar-refractivity contribution in [2.45, 2.75) is 26.2 Å². The van der Waals surface area contributed by atoms with Crippen LogP contribution >= 0.6 is 0 Å². The van der Waals surface area contributed by atoms with E-state index < -0.39 is 0 Å². The highest BCUT2D eigenvalue weighted by molar-refractivity contribution is 5.95. The van der Waals surface area contributed by atoms with Crippen LogP contribution in [0.2, 0.25) is 0 Å². The minimum atomic E-state index is -0.0747. The number of benzene rings is 1. The summed E-state index contributed by atoms with van der Waals surface area (Å²) in [5, 5.41) is 10.3. The zero-order chi connectivity index (χ0) is 21.6. The van der Waals surface area contributed by atoms with Gasteiger partial charge in [-0.15, -0.1) is 0 Å². The van der Waals surface area contributed by atoms with E-state index in [0.29, 0.717) is 11.2 Å². The molecule has 2 aliphatic rings. The molecule has 1 amide bonds.